The van der Waals surface area contributed by atoms with Crippen molar-refractivity contribution >= 4 is 16.6 Å². The highest BCUT2D eigenvalue weighted by Crippen LogP contribution is 2.22. The Bertz CT molecular complexity index is 461. The van der Waals surface area contributed by atoms with Crippen molar-refractivity contribution in [3.8, 4) is 0 Å². The van der Waals surface area contributed by atoms with E-state index in [9.17, 15) is 0 Å². The molecule has 0 bridgehead atoms. The first-order valence-electron chi connectivity index (χ1n) is 4.31. The van der Waals surface area contributed by atoms with Gasteiger partial charge in [0.25, 0.3) is 0 Å². The van der Waals surface area contributed by atoms with Gasteiger partial charge in [0.15, 0.2) is 0 Å². The molecule has 0 radical (unpaired) electrons. The summed E-state index contributed by atoms with van der Waals surface area (Å²) in [5, 5.41) is 1.05. The number of hydrogen-bond acceptors (Lipinski definition) is 2. The van der Waals surface area contributed by atoms with E-state index in [1.54, 1.807) is 0 Å². The molecule has 2 N–H and O–H groups in total. The molecule has 13 heavy (non-hydrogen) atoms. The van der Waals surface area contributed by atoms with Crippen LogP contribution in [0, 0.1) is 13.8 Å². The van der Waals surface area contributed by atoms with Crippen LogP contribution in [-0.4, -0.2) is 4.98 Å². The van der Waals surface area contributed by atoms with Crippen molar-refractivity contribution in [2.75, 3.05) is 5.73 Å². The molecule has 1 aromatic carbocycles. The molecule has 0 saturated carbocycles. The Morgan fingerprint density at radius 1 is 1.08 bits per heavy atom. The fourth-order valence-electron chi connectivity index (χ4n) is 1.44. The molecule has 2 rings (SSSR count). The van der Waals surface area contributed by atoms with Crippen molar-refractivity contribution in [1.82, 2.24) is 4.98 Å². The molecule has 0 aliphatic rings. The summed E-state index contributed by atoms with van der Waals surface area (Å²) >= 11 is 0. The summed E-state index contributed by atoms with van der Waals surface area (Å²) in [7, 11) is 0. The second kappa shape index (κ2) is 2.73. The fraction of sp³-hybridized carbons (Fsp3) is 0.182. The Morgan fingerprint density at radius 2 is 1.85 bits per heavy atom. The quantitative estimate of drug-likeness (QED) is 0.620. The highest BCUT2D eigenvalue weighted by molar-refractivity contribution is 5.91. The average molecular weight is 172 g/mol. The number of hydrogen-bond donors (Lipinski definition) is 1. The maximum absolute atomic E-state index is 5.93. The molecule has 1 heterocycles. The van der Waals surface area contributed by atoms with Crippen molar-refractivity contribution < 1.29 is 0 Å². The Labute approximate surface area is 77.4 Å². The summed E-state index contributed by atoms with van der Waals surface area (Å²) < 4.78 is 0. The third-order valence-electron chi connectivity index (χ3n) is 2.27. The molecular formula is C11H12N2. The number of benzene rings is 1. The van der Waals surface area contributed by atoms with Crippen LogP contribution in [0.3, 0.4) is 0 Å². The number of anilines is 1. The van der Waals surface area contributed by atoms with E-state index in [1.807, 2.05) is 38.1 Å². The minimum atomic E-state index is 0.838. The minimum absolute atomic E-state index is 0.838. The highest BCUT2D eigenvalue weighted by Gasteiger charge is 2.01. The topological polar surface area (TPSA) is 38.9 Å². The van der Waals surface area contributed by atoms with Crippen LogP contribution >= 0.6 is 0 Å². The van der Waals surface area contributed by atoms with E-state index >= 15 is 0 Å². The smallest absolute Gasteiger partial charge is 0.0726 e. The first-order chi connectivity index (χ1) is 6.18. The van der Waals surface area contributed by atoms with E-state index < -0.39 is 0 Å². The lowest BCUT2D eigenvalue weighted by Gasteiger charge is -2.04. The van der Waals surface area contributed by atoms with E-state index in [1.165, 1.54) is 0 Å². The van der Waals surface area contributed by atoms with Crippen molar-refractivity contribution in [2.24, 2.45) is 0 Å². The van der Waals surface area contributed by atoms with Gasteiger partial charge >= 0.3 is 0 Å². The molecule has 0 atom stereocenters. The van der Waals surface area contributed by atoms with Gasteiger partial charge in [0.2, 0.25) is 0 Å². The first kappa shape index (κ1) is 8.05. The van der Waals surface area contributed by atoms with Crippen LogP contribution in [-0.2, 0) is 0 Å². The van der Waals surface area contributed by atoms with Crippen LogP contribution in [0.5, 0.6) is 0 Å². The number of aryl methyl sites for hydroxylation is 2. The summed E-state index contributed by atoms with van der Waals surface area (Å²) in [6.07, 6.45) is 0. The zero-order valence-electron chi connectivity index (χ0n) is 7.83. The molecule has 0 unspecified atom stereocenters. The van der Waals surface area contributed by atoms with Gasteiger partial charge in [-0.3, -0.25) is 4.98 Å². The van der Waals surface area contributed by atoms with Crippen molar-refractivity contribution in [3.05, 3.63) is 35.5 Å². The number of nitrogens with zero attached hydrogens (tertiary/aromatic N) is 1. The van der Waals surface area contributed by atoms with Crippen LogP contribution in [0.4, 0.5) is 5.69 Å². The lowest BCUT2D eigenvalue weighted by Crippen LogP contribution is -1.92. The van der Waals surface area contributed by atoms with Crippen LogP contribution in [0.15, 0.2) is 24.3 Å². The number of nitrogen functional groups attached to an aromatic ring is 1. The summed E-state index contributed by atoms with van der Waals surface area (Å²) in [5.74, 6) is 0. The molecule has 0 aliphatic heterocycles. The normalized spacial score (nSPS) is 10.6. The summed E-state index contributed by atoms with van der Waals surface area (Å²) in [6, 6.07) is 8.02. The van der Waals surface area contributed by atoms with Crippen LogP contribution < -0.4 is 5.73 Å². The van der Waals surface area contributed by atoms with Gasteiger partial charge in [-0.05, 0) is 37.6 Å². The second-order valence-corrected chi connectivity index (χ2v) is 3.32. The SMILES string of the molecule is Cc1ccc2c(N)c(C)ccc2n1. The average Bonchev–Trinajstić information content (AvgIpc) is 2.12. The molecule has 2 heteroatoms. The van der Waals surface area contributed by atoms with Gasteiger partial charge in [0.1, 0.15) is 0 Å². The van der Waals surface area contributed by atoms with Crippen LogP contribution in [0.25, 0.3) is 10.9 Å². The van der Waals surface area contributed by atoms with E-state index in [-0.39, 0.29) is 0 Å². The van der Waals surface area contributed by atoms with E-state index in [0.29, 0.717) is 0 Å². The summed E-state index contributed by atoms with van der Waals surface area (Å²) in [5.41, 5.74) is 9.87. The third-order valence-corrected chi connectivity index (χ3v) is 2.27. The Hall–Kier alpha value is -1.57. The number of rotatable bonds is 0. The largest absolute Gasteiger partial charge is 0.398 e. The monoisotopic (exact) mass is 172 g/mol. The lowest BCUT2D eigenvalue weighted by molar-refractivity contribution is 1.25. The van der Waals surface area contributed by atoms with Gasteiger partial charge in [-0.1, -0.05) is 6.07 Å². The summed E-state index contributed by atoms with van der Waals surface area (Å²) in [4.78, 5) is 4.40. The second-order valence-electron chi connectivity index (χ2n) is 3.32. The fourth-order valence-corrected chi connectivity index (χ4v) is 1.44. The lowest BCUT2D eigenvalue weighted by atomic mass is 10.1. The third kappa shape index (κ3) is 1.24. The predicted molar refractivity (Wildman–Crippen MR) is 55.6 cm³/mol. The Balaban J connectivity index is 2.87. The molecule has 0 amide bonds. The standard InChI is InChI=1S/C11H12N2/c1-7-3-6-10-9(11(7)12)5-4-8(2)13-10/h3-6H,12H2,1-2H3. The van der Waals surface area contributed by atoms with Gasteiger partial charge in [0, 0.05) is 16.8 Å². The van der Waals surface area contributed by atoms with Gasteiger partial charge in [-0.25, -0.2) is 0 Å². The van der Waals surface area contributed by atoms with Gasteiger partial charge in [0.05, 0.1) is 5.52 Å². The Kier molecular flexibility index (Phi) is 1.69. The molecule has 2 nitrogen and oxygen atoms in total. The molecule has 1 aromatic heterocycles. The molecule has 2 aromatic rings. The van der Waals surface area contributed by atoms with Gasteiger partial charge in [-0.2, -0.15) is 0 Å². The highest BCUT2D eigenvalue weighted by atomic mass is 14.7. The Morgan fingerprint density at radius 3 is 2.62 bits per heavy atom. The molecule has 0 fully saturated rings. The molecule has 66 valence electrons. The van der Waals surface area contributed by atoms with Crippen LogP contribution in [0.1, 0.15) is 11.3 Å². The number of pyridine rings is 1. The maximum Gasteiger partial charge on any atom is 0.0726 e. The van der Waals surface area contributed by atoms with Crippen molar-refractivity contribution in [3.63, 3.8) is 0 Å². The van der Waals surface area contributed by atoms with Crippen molar-refractivity contribution in [2.45, 2.75) is 13.8 Å². The molecule has 0 spiro atoms. The molecule has 0 aliphatic carbocycles. The number of nitrogens with two attached hydrogens (primary N) is 1. The molecular weight excluding hydrogens is 160 g/mol. The zero-order chi connectivity index (χ0) is 9.42. The van der Waals surface area contributed by atoms with Crippen LogP contribution in [0.2, 0.25) is 0 Å². The zero-order valence-corrected chi connectivity index (χ0v) is 7.83. The number of fused-ring (bicyclic) bond motifs is 1. The van der Waals surface area contributed by atoms with Gasteiger partial charge < -0.3 is 5.73 Å². The molecule has 0 saturated heterocycles. The summed E-state index contributed by atoms with van der Waals surface area (Å²) in [6.45, 7) is 3.99. The first-order valence-corrected chi connectivity index (χ1v) is 4.31. The van der Waals surface area contributed by atoms with E-state index in [0.717, 1.165) is 27.8 Å². The van der Waals surface area contributed by atoms with Crippen molar-refractivity contribution in [1.29, 1.82) is 0 Å². The van der Waals surface area contributed by atoms with E-state index in [4.69, 9.17) is 5.73 Å². The predicted octanol–water partition coefficient (Wildman–Crippen LogP) is 2.43. The van der Waals surface area contributed by atoms with E-state index in [2.05, 4.69) is 4.98 Å². The minimum Gasteiger partial charge on any atom is -0.398 e. The number of aromatic nitrogens is 1. The maximum atomic E-state index is 5.93. The van der Waals surface area contributed by atoms with Gasteiger partial charge in [-0.15, -0.1) is 0 Å².